The molecule has 0 saturated carbocycles. The van der Waals surface area contributed by atoms with E-state index in [1.54, 1.807) is 31.3 Å². The Bertz CT molecular complexity index is 602. The van der Waals surface area contributed by atoms with Crippen molar-refractivity contribution in [1.82, 2.24) is 9.97 Å². The number of nitriles is 1. The number of rotatable bonds is 3. The van der Waals surface area contributed by atoms with Crippen LogP contribution in [-0.4, -0.2) is 17.0 Å². The summed E-state index contributed by atoms with van der Waals surface area (Å²) in [5.41, 5.74) is 6.94. The molecular formula is C12H12N6. The van der Waals surface area contributed by atoms with Gasteiger partial charge in [-0.1, -0.05) is 6.07 Å². The Morgan fingerprint density at radius 2 is 2.00 bits per heavy atom. The number of nitrogen functional groups attached to an aromatic ring is 1. The predicted octanol–water partition coefficient (Wildman–Crippen LogP) is 1.72. The number of hydrogen-bond acceptors (Lipinski definition) is 6. The molecule has 4 N–H and O–H groups in total. The van der Waals surface area contributed by atoms with Gasteiger partial charge in [0.25, 0.3) is 0 Å². The highest BCUT2D eigenvalue weighted by Crippen LogP contribution is 2.18. The van der Waals surface area contributed by atoms with Gasteiger partial charge in [0, 0.05) is 18.8 Å². The third-order valence-electron chi connectivity index (χ3n) is 2.26. The molecule has 2 rings (SSSR count). The molecule has 0 saturated heterocycles. The van der Waals surface area contributed by atoms with Crippen LogP contribution >= 0.6 is 0 Å². The highest BCUT2D eigenvalue weighted by molar-refractivity contribution is 5.62. The summed E-state index contributed by atoms with van der Waals surface area (Å²) < 4.78 is 0. The molecule has 0 fully saturated rings. The molecule has 18 heavy (non-hydrogen) atoms. The molecule has 1 heterocycles. The van der Waals surface area contributed by atoms with Gasteiger partial charge in [0.2, 0.25) is 5.95 Å². The minimum atomic E-state index is 0.181. The van der Waals surface area contributed by atoms with E-state index >= 15 is 0 Å². The Labute approximate surface area is 104 Å². The van der Waals surface area contributed by atoms with Crippen LogP contribution in [0, 0.1) is 11.3 Å². The highest BCUT2D eigenvalue weighted by Gasteiger charge is 2.02. The Hall–Kier alpha value is -2.81. The fourth-order valence-electron chi connectivity index (χ4n) is 1.47. The second-order valence-electron chi connectivity index (χ2n) is 3.56. The van der Waals surface area contributed by atoms with Crippen molar-refractivity contribution in [3.05, 3.63) is 35.9 Å². The van der Waals surface area contributed by atoms with Crippen molar-refractivity contribution in [3.63, 3.8) is 0 Å². The van der Waals surface area contributed by atoms with Crippen LogP contribution in [-0.2, 0) is 0 Å². The lowest BCUT2D eigenvalue weighted by atomic mass is 10.2. The van der Waals surface area contributed by atoms with Gasteiger partial charge in [-0.15, -0.1) is 0 Å². The van der Waals surface area contributed by atoms with Gasteiger partial charge in [0.15, 0.2) is 0 Å². The van der Waals surface area contributed by atoms with E-state index in [-0.39, 0.29) is 5.95 Å². The average Bonchev–Trinajstić information content (AvgIpc) is 2.38. The van der Waals surface area contributed by atoms with Crippen molar-refractivity contribution in [3.8, 4) is 6.07 Å². The fourth-order valence-corrected chi connectivity index (χ4v) is 1.47. The summed E-state index contributed by atoms with van der Waals surface area (Å²) in [6.45, 7) is 0. The molecule has 1 aromatic carbocycles. The largest absolute Gasteiger partial charge is 0.373 e. The molecule has 6 nitrogen and oxygen atoms in total. The molecule has 0 bridgehead atoms. The molecule has 0 unspecified atom stereocenters. The summed E-state index contributed by atoms with van der Waals surface area (Å²) in [4.78, 5) is 8.06. The zero-order chi connectivity index (χ0) is 13.0. The number of nitrogens with one attached hydrogen (secondary N) is 2. The van der Waals surface area contributed by atoms with E-state index in [9.17, 15) is 0 Å². The Balaban J connectivity index is 2.28. The molecule has 2 aromatic rings. The number of aromatic nitrogens is 2. The lowest BCUT2D eigenvalue weighted by molar-refractivity contribution is 1.17. The van der Waals surface area contributed by atoms with Crippen molar-refractivity contribution in [1.29, 1.82) is 5.26 Å². The average molecular weight is 240 g/mol. The SMILES string of the molecule is CNc1cc(Nc2cccc(C#N)c2)nc(N)n1. The molecule has 6 heteroatoms. The van der Waals surface area contributed by atoms with Gasteiger partial charge in [0.1, 0.15) is 11.6 Å². The normalized spacial score (nSPS) is 9.56. The van der Waals surface area contributed by atoms with E-state index in [2.05, 4.69) is 26.7 Å². The summed E-state index contributed by atoms with van der Waals surface area (Å²) in [5, 5.41) is 14.8. The van der Waals surface area contributed by atoms with Crippen molar-refractivity contribution in [2.45, 2.75) is 0 Å². The van der Waals surface area contributed by atoms with E-state index in [0.717, 1.165) is 5.69 Å². The van der Waals surface area contributed by atoms with Crippen LogP contribution in [0.3, 0.4) is 0 Å². The topological polar surface area (TPSA) is 99.6 Å². The number of hydrogen-bond donors (Lipinski definition) is 3. The maximum Gasteiger partial charge on any atom is 0.223 e. The summed E-state index contributed by atoms with van der Waals surface area (Å²) in [6, 6.07) is 10.9. The first kappa shape index (κ1) is 11.7. The van der Waals surface area contributed by atoms with E-state index in [1.165, 1.54) is 0 Å². The quantitative estimate of drug-likeness (QED) is 0.755. The minimum Gasteiger partial charge on any atom is -0.373 e. The van der Waals surface area contributed by atoms with Crippen LogP contribution in [0.5, 0.6) is 0 Å². The van der Waals surface area contributed by atoms with Gasteiger partial charge < -0.3 is 16.4 Å². The van der Waals surface area contributed by atoms with Crippen LogP contribution in [0.2, 0.25) is 0 Å². The van der Waals surface area contributed by atoms with E-state index in [4.69, 9.17) is 11.0 Å². The Kier molecular flexibility index (Phi) is 3.25. The standard InChI is InChI=1S/C12H12N6/c1-15-10-6-11(18-12(14)17-10)16-9-4-2-3-8(5-9)7-13/h2-6H,1H3,(H4,14,15,16,17,18). The number of benzene rings is 1. The zero-order valence-electron chi connectivity index (χ0n) is 9.81. The molecular weight excluding hydrogens is 228 g/mol. The third kappa shape index (κ3) is 2.65. The van der Waals surface area contributed by atoms with Crippen LogP contribution in [0.25, 0.3) is 0 Å². The van der Waals surface area contributed by atoms with Crippen molar-refractivity contribution in [2.75, 3.05) is 23.4 Å². The molecule has 1 aromatic heterocycles. The molecule has 0 aliphatic rings. The first-order chi connectivity index (χ1) is 8.71. The van der Waals surface area contributed by atoms with Crippen LogP contribution in [0.1, 0.15) is 5.56 Å². The van der Waals surface area contributed by atoms with Gasteiger partial charge in [-0.05, 0) is 18.2 Å². The summed E-state index contributed by atoms with van der Waals surface area (Å²) in [7, 11) is 1.75. The summed E-state index contributed by atoms with van der Waals surface area (Å²) >= 11 is 0. The number of nitrogens with zero attached hydrogens (tertiary/aromatic N) is 3. The molecule has 0 radical (unpaired) electrons. The van der Waals surface area contributed by atoms with Gasteiger partial charge >= 0.3 is 0 Å². The second kappa shape index (κ2) is 5.01. The van der Waals surface area contributed by atoms with E-state index in [1.807, 2.05) is 6.07 Å². The second-order valence-corrected chi connectivity index (χ2v) is 3.56. The van der Waals surface area contributed by atoms with Gasteiger partial charge in [-0.3, -0.25) is 0 Å². The Morgan fingerprint density at radius 1 is 1.22 bits per heavy atom. The number of nitrogens with two attached hydrogens (primary N) is 1. The van der Waals surface area contributed by atoms with Crippen molar-refractivity contribution < 1.29 is 0 Å². The fraction of sp³-hybridized carbons (Fsp3) is 0.0833. The molecule has 0 spiro atoms. The lowest BCUT2D eigenvalue weighted by Gasteiger charge is -2.08. The lowest BCUT2D eigenvalue weighted by Crippen LogP contribution is -2.03. The third-order valence-corrected chi connectivity index (χ3v) is 2.26. The van der Waals surface area contributed by atoms with Crippen LogP contribution in [0.15, 0.2) is 30.3 Å². The monoisotopic (exact) mass is 240 g/mol. The predicted molar refractivity (Wildman–Crippen MR) is 70.4 cm³/mol. The maximum atomic E-state index is 8.82. The summed E-state index contributed by atoms with van der Waals surface area (Å²) in [5.74, 6) is 1.38. The van der Waals surface area contributed by atoms with E-state index < -0.39 is 0 Å². The molecule has 0 aliphatic carbocycles. The van der Waals surface area contributed by atoms with Crippen LogP contribution < -0.4 is 16.4 Å². The zero-order valence-corrected chi connectivity index (χ0v) is 9.81. The minimum absolute atomic E-state index is 0.181. The first-order valence-corrected chi connectivity index (χ1v) is 5.31. The number of anilines is 4. The molecule has 90 valence electrons. The first-order valence-electron chi connectivity index (χ1n) is 5.31. The summed E-state index contributed by atoms with van der Waals surface area (Å²) in [6.07, 6.45) is 0. The molecule has 0 amide bonds. The van der Waals surface area contributed by atoms with Gasteiger partial charge in [-0.25, -0.2) is 0 Å². The van der Waals surface area contributed by atoms with Gasteiger partial charge in [0.05, 0.1) is 11.6 Å². The van der Waals surface area contributed by atoms with Gasteiger partial charge in [-0.2, -0.15) is 15.2 Å². The highest BCUT2D eigenvalue weighted by atomic mass is 15.1. The smallest absolute Gasteiger partial charge is 0.223 e. The van der Waals surface area contributed by atoms with E-state index in [0.29, 0.717) is 17.2 Å². The van der Waals surface area contributed by atoms with Crippen LogP contribution in [0.4, 0.5) is 23.3 Å². The molecule has 0 atom stereocenters. The maximum absolute atomic E-state index is 8.82. The van der Waals surface area contributed by atoms with Crippen molar-refractivity contribution >= 4 is 23.3 Å². The molecule has 0 aliphatic heterocycles. The van der Waals surface area contributed by atoms with Crippen molar-refractivity contribution in [2.24, 2.45) is 0 Å². The Morgan fingerprint density at radius 3 is 2.72 bits per heavy atom.